The van der Waals surface area contributed by atoms with Crippen LogP contribution in [-0.2, 0) is 6.61 Å². The van der Waals surface area contributed by atoms with E-state index in [1.165, 1.54) is 4.68 Å². The summed E-state index contributed by atoms with van der Waals surface area (Å²) < 4.78 is 1.45. The summed E-state index contributed by atoms with van der Waals surface area (Å²) in [7, 11) is 0. The molecule has 1 heterocycles. The van der Waals surface area contributed by atoms with Crippen molar-refractivity contribution in [3.05, 3.63) is 51.4 Å². The van der Waals surface area contributed by atoms with Gasteiger partial charge in [-0.15, -0.1) is 0 Å². The Labute approximate surface area is 93.1 Å². The molecule has 0 radical (unpaired) electrons. The molecule has 2 N–H and O–H groups in total. The van der Waals surface area contributed by atoms with E-state index in [1.54, 1.807) is 6.92 Å². The van der Waals surface area contributed by atoms with Crippen LogP contribution in [-0.4, -0.2) is 14.9 Å². The second-order valence-corrected chi connectivity index (χ2v) is 3.85. The van der Waals surface area contributed by atoms with Gasteiger partial charge in [0.1, 0.15) is 0 Å². The van der Waals surface area contributed by atoms with Crippen LogP contribution >= 0.6 is 0 Å². The lowest BCUT2D eigenvalue weighted by atomic mass is 10.2. The van der Waals surface area contributed by atoms with Crippen molar-refractivity contribution in [2.45, 2.75) is 20.5 Å². The standard InChI is InChI=1S/C12H14N2O2/c1-8-4-3-5-10(6-8)14-12(16)11(7-15)9(2)13-14/h3-6,13,15H,7H2,1-2H3. The highest BCUT2D eigenvalue weighted by atomic mass is 16.3. The molecule has 0 saturated carbocycles. The molecule has 16 heavy (non-hydrogen) atoms. The number of nitrogens with one attached hydrogen (secondary N) is 1. The lowest BCUT2D eigenvalue weighted by Crippen LogP contribution is -2.17. The number of aromatic amines is 1. The quantitative estimate of drug-likeness (QED) is 0.797. The third-order valence-electron chi connectivity index (χ3n) is 2.61. The number of benzene rings is 1. The van der Waals surface area contributed by atoms with Gasteiger partial charge in [0, 0.05) is 5.69 Å². The van der Waals surface area contributed by atoms with Gasteiger partial charge in [0.15, 0.2) is 0 Å². The summed E-state index contributed by atoms with van der Waals surface area (Å²) in [6, 6.07) is 7.63. The Bertz CT molecular complexity index is 567. The Hall–Kier alpha value is -1.81. The first-order valence-corrected chi connectivity index (χ1v) is 5.12. The topological polar surface area (TPSA) is 58.0 Å². The van der Waals surface area contributed by atoms with Gasteiger partial charge in [-0.1, -0.05) is 12.1 Å². The molecule has 0 fully saturated rings. The average molecular weight is 218 g/mol. The molecule has 0 spiro atoms. The summed E-state index contributed by atoms with van der Waals surface area (Å²) in [5.41, 5.74) is 2.80. The summed E-state index contributed by atoms with van der Waals surface area (Å²) >= 11 is 0. The third-order valence-corrected chi connectivity index (χ3v) is 2.61. The number of hydrogen-bond acceptors (Lipinski definition) is 2. The van der Waals surface area contributed by atoms with E-state index in [-0.39, 0.29) is 12.2 Å². The zero-order valence-electron chi connectivity index (χ0n) is 9.32. The fraction of sp³-hybridized carbons (Fsp3) is 0.250. The van der Waals surface area contributed by atoms with E-state index in [2.05, 4.69) is 5.10 Å². The van der Waals surface area contributed by atoms with Gasteiger partial charge in [-0.2, -0.15) is 0 Å². The van der Waals surface area contributed by atoms with Crippen molar-refractivity contribution in [2.24, 2.45) is 0 Å². The average Bonchev–Trinajstić information content (AvgIpc) is 2.54. The second-order valence-electron chi connectivity index (χ2n) is 3.85. The van der Waals surface area contributed by atoms with E-state index >= 15 is 0 Å². The van der Waals surface area contributed by atoms with Crippen molar-refractivity contribution in [2.75, 3.05) is 0 Å². The molecule has 0 aliphatic rings. The van der Waals surface area contributed by atoms with Crippen molar-refractivity contribution in [3.63, 3.8) is 0 Å². The van der Waals surface area contributed by atoms with E-state index in [4.69, 9.17) is 5.11 Å². The molecule has 2 aromatic rings. The molecular formula is C12H14N2O2. The lowest BCUT2D eigenvalue weighted by molar-refractivity contribution is 0.280. The van der Waals surface area contributed by atoms with Crippen LogP contribution in [0, 0.1) is 13.8 Å². The minimum Gasteiger partial charge on any atom is -0.391 e. The molecule has 0 aliphatic carbocycles. The van der Waals surface area contributed by atoms with Crippen molar-refractivity contribution in [1.29, 1.82) is 0 Å². The predicted molar refractivity (Wildman–Crippen MR) is 61.8 cm³/mol. The Morgan fingerprint density at radius 1 is 1.38 bits per heavy atom. The zero-order chi connectivity index (χ0) is 11.7. The largest absolute Gasteiger partial charge is 0.391 e. The van der Waals surface area contributed by atoms with Crippen LogP contribution < -0.4 is 5.56 Å². The van der Waals surface area contributed by atoms with Gasteiger partial charge in [-0.05, 0) is 31.5 Å². The maximum Gasteiger partial charge on any atom is 0.277 e. The molecule has 0 aliphatic heterocycles. The van der Waals surface area contributed by atoms with Gasteiger partial charge in [0.2, 0.25) is 0 Å². The van der Waals surface area contributed by atoms with Gasteiger partial charge in [0.25, 0.3) is 5.56 Å². The molecule has 0 amide bonds. The van der Waals surface area contributed by atoms with Crippen molar-refractivity contribution >= 4 is 0 Å². The van der Waals surface area contributed by atoms with Crippen molar-refractivity contribution in [3.8, 4) is 5.69 Å². The van der Waals surface area contributed by atoms with E-state index in [9.17, 15) is 4.79 Å². The van der Waals surface area contributed by atoms with Gasteiger partial charge in [-0.3, -0.25) is 9.89 Å². The molecule has 1 aromatic carbocycles. The number of nitrogens with zero attached hydrogens (tertiary/aromatic N) is 1. The van der Waals surface area contributed by atoms with E-state index in [0.717, 1.165) is 11.3 Å². The molecule has 0 atom stereocenters. The number of aliphatic hydroxyl groups is 1. The summed E-state index contributed by atoms with van der Waals surface area (Å²) in [5.74, 6) is 0. The smallest absolute Gasteiger partial charge is 0.277 e. The number of H-pyrrole nitrogens is 1. The van der Waals surface area contributed by atoms with Crippen molar-refractivity contribution in [1.82, 2.24) is 9.78 Å². The highest BCUT2D eigenvalue weighted by Gasteiger charge is 2.10. The molecule has 0 bridgehead atoms. The monoisotopic (exact) mass is 218 g/mol. The first kappa shape index (κ1) is 10.7. The highest BCUT2D eigenvalue weighted by molar-refractivity contribution is 5.35. The number of aromatic nitrogens is 2. The maximum absolute atomic E-state index is 11.9. The molecular weight excluding hydrogens is 204 g/mol. The minimum absolute atomic E-state index is 0.189. The first-order chi connectivity index (χ1) is 7.63. The molecule has 4 heteroatoms. The van der Waals surface area contributed by atoms with Crippen LogP contribution in [0.2, 0.25) is 0 Å². The third kappa shape index (κ3) is 1.67. The van der Waals surface area contributed by atoms with Crippen molar-refractivity contribution < 1.29 is 5.11 Å². The number of aryl methyl sites for hydroxylation is 2. The fourth-order valence-electron chi connectivity index (χ4n) is 1.72. The van der Waals surface area contributed by atoms with Crippen LogP contribution in [0.15, 0.2) is 29.1 Å². The normalized spacial score (nSPS) is 10.7. The van der Waals surface area contributed by atoms with E-state index in [1.807, 2.05) is 31.2 Å². The summed E-state index contributed by atoms with van der Waals surface area (Å²) in [6.45, 7) is 3.51. The van der Waals surface area contributed by atoms with Crippen LogP contribution in [0.1, 0.15) is 16.8 Å². The zero-order valence-corrected chi connectivity index (χ0v) is 9.32. The predicted octanol–water partition coefficient (Wildman–Crippen LogP) is 1.27. The number of rotatable bonds is 2. The van der Waals surface area contributed by atoms with Crippen LogP contribution in [0.3, 0.4) is 0 Å². The first-order valence-electron chi connectivity index (χ1n) is 5.12. The molecule has 4 nitrogen and oxygen atoms in total. The molecule has 1 aromatic heterocycles. The minimum atomic E-state index is -0.236. The van der Waals surface area contributed by atoms with Gasteiger partial charge in [-0.25, -0.2) is 4.68 Å². The van der Waals surface area contributed by atoms with Crippen LogP contribution in [0.5, 0.6) is 0 Å². The molecule has 84 valence electrons. The van der Waals surface area contributed by atoms with E-state index < -0.39 is 0 Å². The van der Waals surface area contributed by atoms with Crippen LogP contribution in [0.4, 0.5) is 0 Å². The van der Waals surface area contributed by atoms with Gasteiger partial charge < -0.3 is 5.11 Å². The van der Waals surface area contributed by atoms with E-state index in [0.29, 0.717) is 11.3 Å². The number of hydrogen-bond donors (Lipinski definition) is 2. The van der Waals surface area contributed by atoms with Gasteiger partial charge >= 0.3 is 0 Å². The number of aliphatic hydroxyl groups excluding tert-OH is 1. The Kier molecular flexibility index (Phi) is 2.66. The second kappa shape index (κ2) is 3.98. The molecule has 0 saturated heterocycles. The summed E-state index contributed by atoms with van der Waals surface area (Å²) in [4.78, 5) is 11.9. The molecule has 2 rings (SSSR count). The Morgan fingerprint density at radius 2 is 2.12 bits per heavy atom. The van der Waals surface area contributed by atoms with Gasteiger partial charge in [0.05, 0.1) is 17.9 Å². The Morgan fingerprint density at radius 3 is 2.69 bits per heavy atom. The lowest BCUT2D eigenvalue weighted by Gasteiger charge is -2.02. The Balaban J connectivity index is 2.61. The maximum atomic E-state index is 11.9. The summed E-state index contributed by atoms with van der Waals surface area (Å²) in [6.07, 6.45) is 0. The summed E-state index contributed by atoms with van der Waals surface area (Å²) in [5, 5.41) is 12.0. The molecule has 0 unspecified atom stereocenters. The fourth-order valence-corrected chi connectivity index (χ4v) is 1.72. The highest BCUT2D eigenvalue weighted by Crippen LogP contribution is 2.09. The SMILES string of the molecule is Cc1cccc(-n2[nH]c(C)c(CO)c2=O)c1. The van der Waals surface area contributed by atoms with Crippen LogP contribution in [0.25, 0.3) is 5.69 Å².